The lowest BCUT2D eigenvalue weighted by Crippen LogP contribution is -2.04. The van der Waals surface area contributed by atoms with E-state index >= 15 is 0 Å². The lowest BCUT2D eigenvalue weighted by atomic mass is 10.2. The zero-order valence-electron chi connectivity index (χ0n) is 9.59. The van der Waals surface area contributed by atoms with Gasteiger partial charge in [0.25, 0.3) is 0 Å². The van der Waals surface area contributed by atoms with E-state index in [0.29, 0.717) is 28.9 Å². The molecule has 0 aliphatic heterocycles. The number of rotatable bonds is 7. The fraction of sp³-hybridized carbons (Fsp3) is 0.500. The minimum Gasteiger partial charge on any atom is -0.492 e. The summed E-state index contributed by atoms with van der Waals surface area (Å²) in [4.78, 5) is 0. The van der Waals surface area contributed by atoms with E-state index in [0.717, 1.165) is 24.8 Å². The fourth-order valence-electron chi connectivity index (χ4n) is 1.49. The van der Waals surface area contributed by atoms with E-state index in [1.165, 1.54) is 0 Å². The van der Waals surface area contributed by atoms with E-state index in [-0.39, 0.29) is 6.61 Å². The molecule has 0 unspecified atom stereocenters. The zero-order valence-corrected chi connectivity index (χ0v) is 11.1. The highest BCUT2D eigenvalue weighted by Gasteiger charge is 2.09. The Bertz CT molecular complexity index is 359. The van der Waals surface area contributed by atoms with Crippen LogP contribution in [0, 0.1) is 0 Å². The van der Waals surface area contributed by atoms with E-state index in [1.807, 2.05) is 0 Å². The maximum absolute atomic E-state index is 8.65. The molecule has 0 aliphatic rings. The summed E-state index contributed by atoms with van der Waals surface area (Å²) in [5.74, 6) is 0.613. The molecule has 1 aromatic carbocycles. The van der Waals surface area contributed by atoms with Crippen molar-refractivity contribution in [3.63, 3.8) is 0 Å². The Hall–Kier alpha value is -0.480. The molecule has 5 heteroatoms. The highest BCUT2D eigenvalue weighted by Crippen LogP contribution is 2.32. The molecule has 96 valence electrons. The summed E-state index contributed by atoms with van der Waals surface area (Å²) in [6.07, 6.45) is 2.60. The van der Waals surface area contributed by atoms with Crippen LogP contribution in [0.25, 0.3) is 0 Å². The maximum Gasteiger partial charge on any atom is 0.142 e. The van der Waals surface area contributed by atoms with E-state index < -0.39 is 0 Å². The van der Waals surface area contributed by atoms with Crippen LogP contribution in [0.1, 0.15) is 24.8 Å². The van der Waals surface area contributed by atoms with Crippen LogP contribution >= 0.6 is 23.2 Å². The number of ether oxygens (including phenoxy) is 1. The summed E-state index contributed by atoms with van der Waals surface area (Å²) in [6.45, 7) is 1.12. The summed E-state index contributed by atoms with van der Waals surface area (Å²) in [7, 11) is 0. The topological polar surface area (TPSA) is 55.5 Å². The van der Waals surface area contributed by atoms with Crippen LogP contribution < -0.4 is 10.5 Å². The largest absolute Gasteiger partial charge is 0.492 e. The van der Waals surface area contributed by atoms with Gasteiger partial charge in [-0.3, -0.25) is 0 Å². The van der Waals surface area contributed by atoms with Crippen molar-refractivity contribution in [1.29, 1.82) is 0 Å². The Morgan fingerprint density at radius 2 is 1.94 bits per heavy atom. The highest BCUT2D eigenvalue weighted by molar-refractivity contribution is 6.35. The smallest absolute Gasteiger partial charge is 0.142 e. The van der Waals surface area contributed by atoms with Gasteiger partial charge in [-0.05, 0) is 31.4 Å². The van der Waals surface area contributed by atoms with E-state index in [9.17, 15) is 0 Å². The Morgan fingerprint density at radius 1 is 1.18 bits per heavy atom. The monoisotopic (exact) mass is 277 g/mol. The third-order valence-electron chi connectivity index (χ3n) is 2.35. The Balaban J connectivity index is 2.57. The SMILES string of the molecule is NCc1cc(Cl)cc(Cl)c1OCCCCCO. The Kier molecular flexibility index (Phi) is 6.66. The average molecular weight is 278 g/mol. The second kappa shape index (κ2) is 7.77. The molecule has 17 heavy (non-hydrogen) atoms. The molecule has 1 aromatic rings. The van der Waals surface area contributed by atoms with Crippen molar-refractivity contribution in [2.24, 2.45) is 5.73 Å². The average Bonchev–Trinajstić information content (AvgIpc) is 2.30. The highest BCUT2D eigenvalue weighted by atomic mass is 35.5. The van der Waals surface area contributed by atoms with Crippen LogP contribution in [-0.4, -0.2) is 18.3 Å². The predicted molar refractivity (Wildman–Crippen MR) is 70.8 cm³/mol. The normalized spacial score (nSPS) is 10.6. The van der Waals surface area contributed by atoms with Crippen LogP contribution in [0.2, 0.25) is 10.0 Å². The summed E-state index contributed by atoms with van der Waals surface area (Å²) >= 11 is 11.9. The van der Waals surface area contributed by atoms with Crippen LogP contribution in [0.5, 0.6) is 5.75 Å². The van der Waals surface area contributed by atoms with Crippen molar-refractivity contribution >= 4 is 23.2 Å². The van der Waals surface area contributed by atoms with Gasteiger partial charge in [-0.15, -0.1) is 0 Å². The fourth-order valence-corrected chi connectivity index (χ4v) is 2.08. The molecule has 0 spiro atoms. The molecule has 0 heterocycles. The van der Waals surface area contributed by atoms with Gasteiger partial charge >= 0.3 is 0 Å². The van der Waals surface area contributed by atoms with Gasteiger partial charge in [0.05, 0.1) is 11.6 Å². The lowest BCUT2D eigenvalue weighted by Gasteiger charge is -2.12. The molecule has 1 rings (SSSR count). The number of aliphatic hydroxyl groups excluding tert-OH is 1. The molecule has 0 fully saturated rings. The molecular weight excluding hydrogens is 261 g/mol. The van der Waals surface area contributed by atoms with E-state index in [2.05, 4.69) is 0 Å². The van der Waals surface area contributed by atoms with Gasteiger partial charge in [-0.25, -0.2) is 0 Å². The quantitative estimate of drug-likeness (QED) is 0.754. The van der Waals surface area contributed by atoms with Crippen molar-refractivity contribution in [3.05, 3.63) is 27.7 Å². The van der Waals surface area contributed by atoms with Gasteiger partial charge in [-0.1, -0.05) is 23.2 Å². The number of hydrogen-bond acceptors (Lipinski definition) is 3. The molecule has 0 amide bonds. The molecular formula is C12H17Cl2NO2. The third-order valence-corrected chi connectivity index (χ3v) is 2.85. The first-order valence-electron chi connectivity index (χ1n) is 5.60. The Morgan fingerprint density at radius 3 is 2.59 bits per heavy atom. The third kappa shape index (κ3) is 4.72. The predicted octanol–water partition coefficient (Wildman–Crippen LogP) is 2.99. The number of nitrogens with two attached hydrogens (primary N) is 1. The standard InChI is InChI=1S/C12H17Cl2NO2/c13-10-6-9(8-15)12(11(14)7-10)17-5-3-1-2-4-16/h6-7,16H,1-5,8,15H2. The number of aliphatic hydroxyl groups is 1. The molecule has 0 radical (unpaired) electrons. The van der Waals surface area contributed by atoms with E-state index in [4.69, 9.17) is 38.8 Å². The molecule has 0 aromatic heterocycles. The molecule has 0 saturated heterocycles. The number of benzene rings is 1. The number of hydrogen-bond donors (Lipinski definition) is 2. The molecule has 0 saturated carbocycles. The zero-order chi connectivity index (χ0) is 12.7. The first-order valence-corrected chi connectivity index (χ1v) is 6.36. The lowest BCUT2D eigenvalue weighted by molar-refractivity contribution is 0.265. The number of halogens is 2. The van der Waals surface area contributed by atoms with Gasteiger partial charge in [0, 0.05) is 23.7 Å². The van der Waals surface area contributed by atoms with Crippen LogP contribution in [0.15, 0.2) is 12.1 Å². The van der Waals surface area contributed by atoms with Crippen LogP contribution in [0.3, 0.4) is 0 Å². The van der Waals surface area contributed by atoms with Crippen LogP contribution in [0.4, 0.5) is 0 Å². The van der Waals surface area contributed by atoms with Crippen molar-refractivity contribution in [3.8, 4) is 5.75 Å². The summed E-state index contributed by atoms with van der Waals surface area (Å²) in [5, 5.41) is 9.69. The second-order valence-corrected chi connectivity index (χ2v) is 4.56. The minimum absolute atomic E-state index is 0.218. The van der Waals surface area contributed by atoms with Crippen LogP contribution in [-0.2, 0) is 6.54 Å². The summed E-state index contributed by atoms with van der Waals surface area (Å²) in [5.41, 5.74) is 6.42. The van der Waals surface area contributed by atoms with Gasteiger partial charge in [0.15, 0.2) is 0 Å². The maximum atomic E-state index is 8.65. The number of unbranched alkanes of at least 4 members (excludes halogenated alkanes) is 2. The molecule has 3 N–H and O–H groups in total. The van der Waals surface area contributed by atoms with E-state index in [1.54, 1.807) is 12.1 Å². The van der Waals surface area contributed by atoms with Crippen molar-refractivity contribution < 1.29 is 9.84 Å². The minimum atomic E-state index is 0.218. The first-order chi connectivity index (χ1) is 8.19. The summed E-state index contributed by atoms with van der Waals surface area (Å²) in [6, 6.07) is 3.40. The Labute approximate surface area is 111 Å². The first kappa shape index (κ1) is 14.6. The van der Waals surface area contributed by atoms with Crippen molar-refractivity contribution in [2.75, 3.05) is 13.2 Å². The summed E-state index contributed by atoms with van der Waals surface area (Å²) < 4.78 is 5.61. The van der Waals surface area contributed by atoms with Gasteiger partial charge in [0.1, 0.15) is 5.75 Å². The van der Waals surface area contributed by atoms with Gasteiger partial charge < -0.3 is 15.6 Å². The van der Waals surface area contributed by atoms with Crippen molar-refractivity contribution in [2.45, 2.75) is 25.8 Å². The molecule has 3 nitrogen and oxygen atoms in total. The molecule has 0 bridgehead atoms. The second-order valence-electron chi connectivity index (χ2n) is 3.71. The van der Waals surface area contributed by atoms with Gasteiger partial charge in [-0.2, -0.15) is 0 Å². The van der Waals surface area contributed by atoms with Crippen molar-refractivity contribution in [1.82, 2.24) is 0 Å². The molecule has 0 aliphatic carbocycles. The van der Waals surface area contributed by atoms with Gasteiger partial charge in [0.2, 0.25) is 0 Å². The molecule has 0 atom stereocenters.